The fourth-order valence-electron chi connectivity index (χ4n) is 2.32. The van der Waals surface area contributed by atoms with Gasteiger partial charge in [-0.05, 0) is 18.2 Å². The van der Waals surface area contributed by atoms with Gasteiger partial charge in [-0.25, -0.2) is 5.48 Å². The van der Waals surface area contributed by atoms with Gasteiger partial charge in [-0.3, -0.25) is 14.8 Å². The molecule has 1 aliphatic heterocycles. The number of nitrogens with one attached hydrogen (secondary N) is 1. The Morgan fingerprint density at radius 2 is 1.90 bits per heavy atom. The number of nitrogens with zero attached hydrogens (tertiary/aromatic N) is 2. The molecule has 1 aromatic carbocycles. The van der Waals surface area contributed by atoms with Crippen LogP contribution < -0.4 is 10.4 Å². The number of benzene rings is 1. The fraction of sp³-hybridized carbons (Fsp3) is 0.429. The Balaban J connectivity index is 1.83. The van der Waals surface area contributed by atoms with Crippen molar-refractivity contribution in [2.24, 2.45) is 0 Å². The summed E-state index contributed by atoms with van der Waals surface area (Å²) in [6, 6.07) is 7.64. The van der Waals surface area contributed by atoms with Gasteiger partial charge in [0.15, 0.2) is 0 Å². The largest absolute Gasteiger partial charge is 0.368 e. The van der Waals surface area contributed by atoms with Crippen LogP contribution in [0.25, 0.3) is 0 Å². The van der Waals surface area contributed by atoms with Crippen molar-refractivity contribution < 1.29 is 14.8 Å². The number of halogens is 1. The lowest BCUT2D eigenvalue weighted by molar-refractivity contribution is -0.136. The number of amides is 2. The molecule has 2 amide bonds. The molecule has 114 valence electrons. The topological polar surface area (TPSA) is 72.9 Å². The van der Waals surface area contributed by atoms with Gasteiger partial charge in [-0.2, -0.15) is 0 Å². The van der Waals surface area contributed by atoms with Crippen LogP contribution in [0, 0.1) is 0 Å². The molecule has 0 aromatic heterocycles. The van der Waals surface area contributed by atoms with Crippen molar-refractivity contribution in [2.75, 3.05) is 31.1 Å². The van der Waals surface area contributed by atoms with E-state index in [9.17, 15) is 9.59 Å². The van der Waals surface area contributed by atoms with E-state index in [-0.39, 0.29) is 18.7 Å². The lowest BCUT2D eigenvalue weighted by Crippen LogP contribution is -2.48. The van der Waals surface area contributed by atoms with Gasteiger partial charge in [0.1, 0.15) is 0 Å². The maximum atomic E-state index is 11.9. The van der Waals surface area contributed by atoms with E-state index in [0.29, 0.717) is 18.1 Å². The Kier molecular flexibility index (Phi) is 5.41. The van der Waals surface area contributed by atoms with Gasteiger partial charge >= 0.3 is 0 Å². The van der Waals surface area contributed by atoms with Gasteiger partial charge in [0, 0.05) is 49.7 Å². The third-order valence-corrected chi connectivity index (χ3v) is 3.73. The first kappa shape index (κ1) is 15.6. The SMILES string of the molecule is O=C(CCC(=O)N1CCN(c2cccc(Cl)c2)CC1)NO. The molecular weight excluding hydrogens is 294 g/mol. The van der Waals surface area contributed by atoms with Crippen LogP contribution in [0.15, 0.2) is 24.3 Å². The number of hydrogen-bond donors (Lipinski definition) is 2. The summed E-state index contributed by atoms with van der Waals surface area (Å²) in [6.45, 7) is 2.70. The van der Waals surface area contributed by atoms with Gasteiger partial charge in [-0.15, -0.1) is 0 Å². The third-order valence-electron chi connectivity index (χ3n) is 3.50. The summed E-state index contributed by atoms with van der Waals surface area (Å²) >= 11 is 5.98. The smallest absolute Gasteiger partial charge is 0.243 e. The van der Waals surface area contributed by atoms with Crippen molar-refractivity contribution in [3.63, 3.8) is 0 Å². The van der Waals surface area contributed by atoms with E-state index in [1.54, 1.807) is 4.90 Å². The molecule has 1 heterocycles. The van der Waals surface area contributed by atoms with Crippen molar-refractivity contribution in [3.05, 3.63) is 29.3 Å². The molecule has 1 saturated heterocycles. The zero-order valence-corrected chi connectivity index (χ0v) is 12.3. The predicted molar refractivity (Wildman–Crippen MR) is 79.4 cm³/mol. The second kappa shape index (κ2) is 7.28. The maximum Gasteiger partial charge on any atom is 0.243 e. The van der Waals surface area contributed by atoms with E-state index >= 15 is 0 Å². The zero-order valence-electron chi connectivity index (χ0n) is 11.6. The van der Waals surface area contributed by atoms with Crippen LogP contribution in [-0.4, -0.2) is 48.1 Å². The quantitative estimate of drug-likeness (QED) is 0.649. The minimum absolute atomic E-state index is 0.00381. The molecule has 6 nitrogen and oxygen atoms in total. The average molecular weight is 312 g/mol. The summed E-state index contributed by atoms with van der Waals surface area (Å²) in [5, 5.41) is 9.09. The minimum atomic E-state index is -0.541. The summed E-state index contributed by atoms with van der Waals surface area (Å²) in [7, 11) is 0. The highest BCUT2D eigenvalue weighted by Crippen LogP contribution is 2.20. The van der Waals surface area contributed by atoms with Crippen molar-refractivity contribution in [1.29, 1.82) is 0 Å². The number of carbonyl (C=O) groups is 2. The Bertz CT molecular complexity index is 516. The number of hydroxylamine groups is 1. The van der Waals surface area contributed by atoms with Crippen LogP contribution in [0.2, 0.25) is 5.02 Å². The van der Waals surface area contributed by atoms with Crippen LogP contribution in [0.4, 0.5) is 5.69 Å². The van der Waals surface area contributed by atoms with E-state index in [4.69, 9.17) is 16.8 Å². The van der Waals surface area contributed by atoms with Gasteiger partial charge in [0.2, 0.25) is 11.8 Å². The number of piperazine rings is 1. The number of rotatable bonds is 4. The zero-order chi connectivity index (χ0) is 15.2. The second-order valence-corrected chi connectivity index (χ2v) is 5.32. The molecule has 7 heteroatoms. The highest BCUT2D eigenvalue weighted by molar-refractivity contribution is 6.30. The Hall–Kier alpha value is -1.79. The minimum Gasteiger partial charge on any atom is -0.368 e. The fourth-order valence-corrected chi connectivity index (χ4v) is 2.51. The molecule has 1 aromatic rings. The molecule has 21 heavy (non-hydrogen) atoms. The normalized spacial score (nSPS) is 15.0. The summed E-state index contributed by atoms with van der Waals surface area (Å²) < 4.78 is 0. The second-order valence-electron chi connectivity index (χ2n) is 4.88. The lowest BCUT2D eigenvalue weighted by atomic mass is 10.2. The van der Waals surface area contributed by atoms with Crippen LogP contribution in [0.3, 0.4) is 0 Å². The van der Waals surface area contributed by atoms with Crippen LogP contribution in [0.5, 0.6) is 0 Å². The van der Waals surface area contributed by atoms with Crippen molar-refractivity contribution in [2.45, 2.75) is 12.8 Å². The molecule has 0 atom stereocenters. The molecule has 1 fully saturated rings. The van der Waals surface area contributed by atoms with E-state index < -0.39 is 5.91 Å². The third kappa shape index (κ3) is 4.34. The standard InChI is InChI=1S/C14H18ClN3O3/c15-11-2-1-3-12(10-11)17-6-8-18(9-7-17)14(20)5-4-13(19)16-21/h1-3,10,21H,4-9H2,(H,16,19). The number of anilines is 1. The van der Waals surface area contributed by atoms with Crippen molar-refractivity contribution >= 4 is 29.1 Å². The van der Waals surface area contributed by atoms with E-state index in [0.717, 1.165) is 18.8 Å². The molecule has 0 bridgehead atoms. The predicted octanol–water partition coefficient (Wildman–Crippen LogP) is 1.27. The number of carbonyl (C=O) groups excluding carboxylic acids is 2. The monoisotopic (exact) mass is 311 g/mol. The molecule has 0 saturated carbocycles. The first-order valence-electron chi connectivity index (χ1n) is 6.81. The molecular formula is C14H18ClN3O3. The van der Waals surface area contributed by atoms with Crippen LogP contribution in [-0.2, 0) is 9.59 Å². The van der Waals surface area contributed by atoms with E-state index in [2.05, 4.69) is 4.90 Å². The highest BCUT2D eigenvalue weighted by atomic mass is 35.5. The Morgan fingerprint density at radius 3 is 2.52 bits per heavy atom. The molecule has 2 rings (SSSR count). The molecule has 0 spiro atoms. The van der Waals surface area contributed by atoms with Crippen LogP contribution >= 0.6 is 11.6 Å². The van der Waals surface area contributed by atoms with Gasteiger partial charge in [-0.1, -0.05) is 17.7 Å². The van der Waals surface area contributed by atoms with Crippen LogP contribution in [0.1, 0.15) is 12.8 Å². The van der Waals surface area contributed by atoms with E-state index in [1.807, 2.05) is 24.3 Å². The number of hydrogen-bond acceptors (Lipinski definition) is 4. The molecule has 0 aliphatic carbocycles. The Labute approximate surface area is 128 Å². The molecule has 0 unspecified atom stereocenters. The summed E-state index contributed by atoms with van der Waals surface area (Å²) in [4.78, 5) is 26.8. The molecule has 1 aliphatic rings. The van der Waals surface area contributed by atoms with Gasteiger partial charge in [0.25, 0.3) is 0 Å². The lowest BCUT2D eigenvalue weighted by Gasteiger charge is -2.36. The first-order valence-corrected chi connectivity index (χ1v) is 7.19. The summed E-state index contributed by atoms with van der Waals surface area (Å²) in [5.74, 6) is -0.606. The molecule has 0 radical (unpaired) electrons. The summed E-state index contributed by atoms with van der Waals surface area (Å²) in [6.07, 6.45) is 0.118. The van der Waals surface area contributed by atoms with Crippen molar-refractivity contribution in [1.82, 2.24) is 10.4 Å². The summed E-state index contributed by atoms with van der Waals surface area (Å²) in [5.41, 5.74) is 2.58. The van der Waals surface area contributed by atoms with Gasteiger partial charge in [0.05, 0.1) is 0 Å². The van der Waals surface area contributed by atoms with E-state index in [1.165, 1.54) is 5.48 Å². The maximum absolute atomic E-state index is 11.9. The highest BCUT2D eigenvalue weighted by Gasteiger charge is 2.21. The average Bonchev–Trinajstić information content (AvgIpc) is 2.52. The van der Waals surface area contributed by atoms with Gasteiger partial charge < -0.3 is 9.80 Å². The Morgan fingerprint density at radius 1 is 1.19 bits per heavy atom. The first-order chi connectivity index (χ1) is 10.1. The van der Waals surface area contributed by atoms with Crippen molar-refractivity contribution in [3.8, 4) is 0 Å². The molecule has 2 N–H and O–H groups in total.